The number of rotatable bonds is 18. The lowest BCUT2D eigenvalue weighted by Crippen LogP contribution is -2.41. The molecule has 0 N–H and O–H groups in total. The predicted octanol–water partition coefficient (Wildman–Crippen LogP) is 27.3. The van der Waals surface area contributed by atoms with Gasteiger partial charge < -0.3 is 27.9 Å². The van der Waals surface area contributed by atoms with E-state index in [1.54, 1.807) is 0 Å². The highest BCUT2D eigenvalue weighted by Crippen LogP contribution is 2.44. The Hall–Kier alpha value is -14.5. The summed E-state index contributed by atoms with van der Waals surface area (Å²) in [6.07, 6.45) is 0. The van der Waals surface area contributed by atoms with Crippen LogP contribution in [-0.4, -0.2) is 84.9 Å². The van der Waals surface area contributed by atoms with Crippen molar-refractivity contribution in [1.29, 1.82) is 0 Å². The predicted molar refractivity (Wildman–Crippen MR) is 555 cm³/mol. The van der Waals surface area contributed by atoms with Crippen LogP contribution in [-0.2, 0) is 27.9 Å². The molecule has 0 aliphatic carbocycles. The molecule has 3 aromatic heterocycles. The fourth-order valence-corrected chi connectivity index (χ4v) is 17.0. The Labute approximate surface area is 794 Å². The molecule has 21 rings (SSSR count). The SMILES string of the molecule is CC1(C)OB(c2cc(-c3cc(-c4ccccc4)cc(-c4ccccc4)c3)cc(-c3cc(-c4ccccc4)nc(-c4ccccc4)n3)c2)OC1(C)C.CC1(C)OB(c2cc(-c3cccc(-c4ccccc4)c3)cc(-c3cc(-c4ccccc4)nc(-c4ccccc4)n3)c2)OC1(C)C.CC1(C)OB(c2cc(-c3ccccc3)cc(-c3cc(-c4ccccc4)nc(-c4ccccc4)n3)c2)OC1(C)C. The van der Waals surface area contributed by atoms with Gasteiger partial charge in [0.1, 0.15) is 0 Å². The molecule has 0 atom stereocenters. The van der Waals surface area contributed by atoms with Crippen LogP contribution < -0.4 is 16.4 Å². The molecule has 3 saturated heterocycles. The molecule has 12 nitrogen and oxygen atoms in total. The van der Waals surface area contributed by atoms with Gasteiger partial charge >= 0.3 is 21.4 Å². The number of benzene rings is 15. The van der Waals surface area contributed by atoms with Gasteiger partial charge in [0.25, 0.3) is 0 Å². The minimum Gasteiger partial charge on any atom is -0.399 e. The van der Waals surface area contributed by atoms with E-state index < -0.39 is 55.0 Å². The molecule has 0 spiro atoms. The quantitative estimate of drug-likeness (QED) is 0.0757. The van der Waals surface area contributed by atoms with Crippen molar-refractivity contribution in [3.8, 4) is 168 Å². The second kappa shape index (κ2) is 37.9. The van der Waals surface area contributed by atoms with E-state index in [-0.39, 0.29) is 0 Å². The number of hydrogen-bond donors (Lipinski definition) is 0. The maximum atomic E-state index is 6.65. The molecule has 0 saturated carbocycles. The van der Waals surface area contributed by atoms with Crippen molar-refractivity contribution in [2.75, 3.05) is 0 Å². The zero-order chi connectivity index (χ0) is 93.1. The number of hydrogen-bond acceptors (Lipinski definition) is 12. The van der Waals surface area contributed by atoms with Gasteiger partial charge in [-0.2, -0.15) is 0 Å². The van der Waals surface area contributed by atoms with Crippen molar-refractivity contribution in [3.05, 3.63) is 419 Å². The van der Waals surface area contributed by atoms with Crippen LogP contribution in [0.4, 0.5) is 0 Å². The van der Waals surface area contributed by atoms with E-state index in [0.717, 1.165) is 162 Å². The molecular weight excluding hydrogens is 1650 g/mol. The highest BCUT2D eigenvalue weighted by Gasteiger charge is 2.54. The standard InChI is InChI=1S/C46H39BN2O2.C40H35BN2O2.C34H31BN2O2/c1-45(2)46(3,4)51-47(50-45)41-29-39(38-26-36(32-17-9-5-10-18-32)25-37(27-38)33-19-11-6-12-20-33)28-40(30-41)43-31-42(34-21-13-7-14-22-34)48-44(49-43)35-23-15-8-16-24-35;1-39(2)40(3,4)45-41(44-39)35-25-33(32-22-14-21-31(23-32)28-15-8-5-9-16-28)24-34(26-35)37-27-36(29-17-10-6-11-18-29)42-38(43-37)30-19-12-7-13-20-30;1-33(2)34(3,4)39-35(38-33)29-21-27(24-14-8-5-9-15-24)20-28(22-29)31-23-30(25-16-10-6-11-17-25)36-32(37-31)26-18-12-7-13-19-26/h5-31H,1-4H3;5-27H,1-4H3;5-23H,1-4H3. The summed E-state index contributed by atoms with van der Waals surface area (Å²) in [7, 11) is -1.56. The molecule has 18 aromatic rings. The molecular formula is C120H105B3N6O6. The maximum absolute atomic E-state index is 6.65. The van der Waals surface area contributed by atoms with Crippen molar-refractivity contribution >= 4 is 37.7 Å². The van der Waals surface area contributed by atoms with Crippen molar-refractivity contribution in [2.24, 2.45) is 0 Å². The van der Waals surface area contributed by atoms with Gasteiger partial charge in [-0.25, -0.2) is 29.9 Å². The Morgan fingerprint density at radius 3 is 0.533 bits per heavy atom. The summed E-state index contributed by atoms with van der Waals surface area (Å²) in [5.74, 6) is 2.04. The maximum Gasteiger partial charge on any atom is 0.494 e. The van der Waals surface area contributed by atoms with Gasteiger partial charge in [0.15, 0.2) is 17.5 Å². The van der Waals surface area contributed by atoms with Crippen LogP contribution in [0.2, 0.25) is 0 Å². The van der Waals surface area contributed by atoms with E-state index in [2.05, 4.69) is 368 Å². The normalized spacial score (nSPS) is 15.2. The topological polar surface area (TPSA) is 133 Å². The second-order valence-corrected chi connectivity index (χ2v) is 37.7. The summed E-state index contributed by atoms with van der Waals surface area (Å²) >= 11 is 0. The molecule has 0 amide bonds. The zero-order valence-corrected chi connectivity index (χ0v) is 78.2. The third kappa shape index (κ3) is 19.8. The largest absolute Gasteiger partial charge is 0.494 e. The van der Waals surface area contributed by atoms with Crippen LogP contribution in [0.3, 0.4) is 0 Å². The Morgan fingerprint density at radius 2 is 0.289 bits per heavy atom. The van der Waals surface area contributed by atoms with Crippen LogP contribution >= 0.6 is 0 Å². The summed E-state index contributed by atoms with van der Waals surface area (Å²) in [6.45, 7) is 25.0. The van der Waals surface area contributed by atoms with Crippen LogP contribution in [0, 0.1) is 0 Å². The lowest BCUT2D eigenvalue weighted by atomic mass is 9.76. The van der Waals surface area contributed by atoms with Gasteiger partial charge in [-0.15, -0.1) is 0 Å². The van der Waals surface area contributed by atoms with Crippen molar-refractivity contribution in [2.45, 2.75) is 117 Å². The molecule has 6 heterocycles. The summed E-state index contributed by atoms with van der Waals surface area (Å²) < 4.78 is 39.3. The number of aromatic nitrogens is 6. The number of nitrogens with zero attached hydrogens (tertiary/aromatic N) is 6. The first-order valence-electron chi connectivity index (χ1n) is 46.3. The first kappa shape index (κ1) is 89.7. The van der Waals surface area contributed by atoms with E-state index in [0.29, 0.717) is 17.5 Å². The molecule has 3 aliphatic heterocycles. The van der Waals surface area contributed by atoms with Crippen LogP contribution in [0.1, 0.15) is 83.1 Å². The average Bonchev–Trinajstić information content (AvgIpc) is 1.66. The van der Waals surface area contributed by atoms with Gasteiger partial charge in [-0.3, -0.25) is 0 Å². The minimum absolute atomic E-state index is 0.434. The second-order valence-electron chi connectivity index (χ2n) is 37.7. The fourth-order valence-electron chi connectivity index (χ4n) is 17.0. The third-order valence-corrected chi connectivity index (χ3v) is 26.7. The third-order valence-electron chi connectivity index (χ3n) is 26.7. The van der Waals surface area contributed by atoms with E-state index in [9.17, 15) is 0 Å². The highest BCUT2D eigenvalue weighted by atomic mass is 16.7. The average molecular weight is 1760 g/mol. The molecule has 0 unspecified atom stereocenters. The molecule has 0 radical (unpaired) electrons. The van der Waals surface area contributed by atoms with E-state index in [4.69, 9.17) is 57.8 Å². The summed E-state index contributed by atoms with van der Waals surface area (Å²) in [5.41, 5.74) is 27.6. The lowest BCUT2D eigenvalue weighted by molar-refractivity contribution is 0.00578. The Morgan fingerprint density at radius 1 is 0.141 bits per heavy atom. The summed E-state index contributed by atoms with van der Waals surface area (Å²) in [6, 6.07) is 145. The Bertz CT molecular complexity index is 6810. The monoisotopic (exact) mass is 1760 g/mol. The zero-order valence-electron chi connectivity index (χ0n) is 78.2. The first-order valence-corrected chi connectivity index (χ1v) is 46.3. The van der Waals surface area contributed by atoms with Crippen LogP contribution in [0.15, 0.2) is 419 Å². The van der Waals surface area contributed by atoms with Gasteiger partial charge in [-0.05, 0) is 227 Å². The molecule has 0 bridgehead atoms. The fraction of sp³-hybridized carbons (Fsp3) is 0.150. The minimum atomic E-state index is -0.552. The smallest absolute Gasteiger partial charge is 0.399 e. The van der Waals surface area contributed by atoms with Crippen LogP contribution in [0.5, 0.6) is 0 Å². The summed E-state index contributed by atoms with van der Waals surface area (Å²) in [5, 5.41) is 0. The highest BCUT2D eigenvalue weighted by molar-refractivity contribution is 6.63. The molecule has 3 fully saturated rings. The molecule has 15 heteroatoms. The summed E-state index contributed by atoms with van der Waals surface area (Å²) in [4.78, 5) is 30.4. The Kier molecular flexibility index (Phi) is 25.2. The lowest BCUT2D eigenvalue weighted by Gasteiger charge is -2.32. The van der Waals surface area contributed by atoms with E-state index >= 15 is 0 Å². The molecule has 135 heavy (non-hydrogen) atoms. The van der Waals surface area contributed by atoms with Gasteiger partial charge in [-0.1, -0.05) is 358 Å². The van der Waals surface area contributed by atoms with Gasteiger partial charge in [0.2, 0.25) is 0 Å². The molecule has 660 valence electrons. The van der Waals surface area contributed by atoms with Gasteiger partial charge in [0, 0.05) is 50.1 Å². The molecule has 15 aromatic carbocycles. The van der Waals surface area contributed by atoms with E-state index in [1.807, 2.05) is 133 Å². The first-order chi connectivity index (χ1) is 65.3. The van der Waals surface area contributed by atoms with E-state index in [1.165, 1.54) is 5.56 Å². The van der Waals surface area contributed by atoms with Crippen molar-refractivity contribution in [3.63, 3.8) is 0 Å². The van der Waals surface area contributed by atoms with Crippen molar-refractivity contribution in [1.82, 2.24) is 29.9 Å². The van der Waals surface area contributed by atoms with Gasteiger partial charge in [0.05, 0.1) is 67.8 Å². The molecule has 3 aliphatic rings. The van der Waals surface area contributed by atoms with Crippen LogP contribution in [0.25, 0.3) is 168 Å². The van der Waals surface area contributed by atoms with Crippen molar-refractivity contribution < 1.29 is 27.9 Å². The Balaban J connectivity index is 0.000000131.